The van der Waals surface area contributed by atoms with Crippen molar-refractivity contribution in [3.8, 4) is 5.75 Å². The van der Waals surface area contributed by atoms with Gasteiger partial charge in [-0.25, -0.2) is 12.8 Å². The molecule has 0 unspecified atom stereocenters. The van der Waals surface area contributed by atoms with E-state index in [0.29, 0.717) is 12.2 Å². The van der Waals surface area contributed by atoms with Gasteiger partial charge in [-0.05, 0) is 30.7 Å². The Morgan fingerprint density at radius 3 is 2.52 bits per heavy atom. The van der Waals surface area contributed by atoms with Crippen molar-refractivity contribution in [2.24, 2.45) is 0 Å². The Morgan fingerprint density at radius 1 is 1.35 bits per heavy atom. The molecule has 1 amide bonds. The van der Waals surface area contributed by atoms with Gasteiger partial charge >= 0.3 is 0 Å². The van der Waals surface area contributed by atoms with Crippen molar-refractivity contribution in [2.45, 2.75) is 23.8 Å². The molecule has 124 valence electrons. The summed E-state index contributed by atoms with van der Waals surface area (Å²) in [5.41, 5.74) is 0. The molecule has 0 radical (unpaired) electrons. The number of rotatable bonds is 6. The highest BCUT2D eigenvalue weighted by atomic mass is 32.2. The van der Waals surface area contributed by atoms with E-state index in [1.165, 1.54) is 24.3 Å². The molecule has 0 aliphatic heterocycles. The minimum absolute atomic E-state index is 0.0663. The number of benzene rings is 1. The van der Waals surface area contributed by atoms with Crippen molar-refractivity contribution < 1.29 is 22.3 Å². The summed E-state index contributed by atoms with van der Waals surface area (Å²) >= 11 is 0.757. The predicted octanol–water partition coefficient (Wildman–Crippen LogP) is 1.88. The second-order valence-electron chi connectivity index (χ2n) is 4.60. The third kappa shape index (κ3) is 4.70. The third-order valence-electron chi connectivity index (χ3n) is 2.71. The number of hydrogen-bond acceptors (Lipinski definition) is 7. The second kappa shape index (κ2) is 7.01. The second-order valence-corrected chi connectivity index (χ2v) is 7.77. The first kappa shape index (κ1) is 17.3. The summed E-state index contributed by atoms with van der Waals surface area (Å²) in [7, 11) is -3.47. The minimum Gasteiger partial charge on any atom is -0.481 e. The molecule has 1 atom stereocenters. The van der Waals surface area contributed by atoms with Crippen molar-refractivity contribution in [3.05, 3.63) is 30.1 Å². The van der Waals surface area contributed by atoms with Crippen molar-refractivity contribution in [1.82, 2.24) is 10.2 Å². The Morgan fingerprint density at radius 2 is 2.00 bits per heavy atom. The number of ether oxygens (including phenoxy) is 1. The van der Waals surface area contributed by atoms with Crippen LogP contribution in [0.3, 0.4) is 0 Å². The standard InChI is InChI=1S/C13H14FN3O4S2/c1-3-10(21-9-6-4-8(14)5-7-9)11(18)15-12-16-17-13(22-12)23(2,19)20/h4-7,10H,3H2,1-2H3,(H,15,16,18)/t10-/m0/s1. The van der Waals surface area contributed by atoms with Gasteiger partial charge in [-0.2, -0.15) is 0 Å². The SMILES string of the molecule is CC[C@H](Oc1ccc(F)cc1)C(=O)Nc1nnc(S(C)(=O)=O)s1. The van der Waals surface area contributed by atoms with E-state index in [9.17, 15) is 17.6 Å². The number of hydrogen-bond donors (Lipinski definition) is 1. The van der Waals surface area contributed by atoms with Gasteiger partial charge in [-0.3, -0.25) is 10.1 Å². The number of carbonyl (C=O) groups is 1. The summed E-state index contributed by atoms with van der Waals surface area (Å²) in [5, 5.41) is 9.64. The Kier molecular flexibility index (Phi) is 5.26. The molecule has 10 heteroatoms. The van der Waals surface area contributed by atoms with Gasteiger partial charge < -0.3 is 4.74 Å². The number of sulfone groups is 1. The summed E-state index contributed by atoms with van der Waals surface area (Å²) in [6, 6.07) is 5.28. The Labute approximate surface area is 136 Å². The number of amides is 1. The molecule has 0 saturated carbocycles. The maximum atomic E-state index is 12.9. The van der Waals surface area contributed by atoms with Crippen molar-refractivity contribution >= 4 is 32.2 Å². The van der Waals surface area contributed by atoms with Crippen molar-refractivity contribution in [3.63, 3.8) is 0 Å². The minimum atomic E-state index is -3.47. The lowest BCUT2D eigenvalue weighted by Crippen LogP contribution is -2.32. The van der Waals surface area contributed by atoms with E-state index in [1.807, 2.05) is 0 Å². The van der Waals surface area contributed by atoms with Gasteiger partial charge in [0, 0.05) is 6.26 Å². The Balaban J connectivity index is 2.05. The summed E-state index contributed by atoms with van der Waals surface area (Å²) in [6.07, 6.45) is 0.540. The van der Waals surface area contributed by atoms with Gasteiger partial charge in [0.05, 0.1) is 0 Å². The average molecular weight is 359 g/mol. The molecule has 1 aromatic heterocycles. The molecular weight excluding hydrogens is 345 g/mol. The topological polar surface area (TPSA) is 98.2 Å². The van der Waals surface area contributed by atoms with E-state index in [-0.39, 0.29) is 9.47 Å². The maximum Gasteiger partial charge on any atom is 0.267 e. The smallest absolute Gasteiger partial charge is 0.267 e. The zero-order chi connectivity index (χ0) is 17.0. The zero-order valence-electron chi connectivity index (χ0n) is 12.3. The molecular formula is C13H14FN3O4S2. The van der Waals surface area contributed by atoms with E-state index >= 15 is 0 Å². The number of nitrogens with one attached hydrogen (secondary N) is 1. The van der Waals surface area contributed by atoms with Crippen LogP contribution < -0.4 is 10.1 Å². The normalized spacial score (nSPS) is 12.7. The highest BCUT2D eigenvalue weighted by Crippen LogP contribution is 2.21. The molecule has 2 rings (SSSR count). The van der Waals surface area contributed by atoms with Gasteiger partial charge in [0.2, 0.25) is 19.3 Å². The Hall–Kier alpha value is -2.07. The predicted molar refractivity (Wildman–Crippen MR) is 82.8 cm³/mol. The molecule has 7 nitrogen and oxygen atoms in total. The van der Waals surface area contributed by atoms with Crippen LogP contribution in [0.4, 0.5) is 9.52 Å². The fraction of sp³-hybridized carbons (Fsp3) is 0.308. The molecule has 1 aromatic carbocycles. The summed E-state index contributed by atoms with van der Waals surface area (Å²) in [4.78, 5) is 12.2. The van der Waals surface area contributed by atoms with Crippen LogP contribution in [-0.4, -0.2) is 36.9 Å². The van der Waals surface area contributed by atoms with Gasteiger partial charge in [-0.15, -0.1) is 10.2 Å². The van der Waals surface area contributed by atoms with E-state index in [2.05, 4.69) is 15.5 Å². The van der Waals surface area contributed by atoms with Crippen LogP contribution in [0.1, 0.15) is 13.3 Å². The van der Waals surface area contributed by atoms with E-state index in [1.54, 1.807) is 6.92 Å². The van der Waals surface area contributed by atoms with E-state index in [0.717, 1.165) is 17.6 Å². The summed E-state index contributed by atoms with van der Waals surface area (Å²) < 4.78 is 40.8. The molecule has 0 aliphatic carbocycles. The molecule has 1 heterocycles. The van der Waals surface area contributed by atoms with Crippen molar-refractivity contribution in [1.29, 1.82) is 0 Å². The van der Waals surface area contributed by atoms with Crippen LogP contribution in [0.15, 0.2) is 28.6 Å². The van der Waals surface area contributed by atoms with Crippen LogP contribution in [0, 0.1) is 5.82 Å². The van der Waals surface area contributed by atoms with E-state index in [4.69, 9.17) is 4.74 Å². The fourth-order valence-electron chi connectivity index (χ4n) is 1.60. The van der Waals surface area contributed by atoms with Crippen LogP contribution in [0.5, 0.6) is 5.75 Å². The monoisotopic (exact) mass is 359 g/mol. The number of carbonyl (C=O) groups excluding carboxylic acids is 1. The molecule has 0 aliphatic rings. The summed E-state index contributed by atoms with van der Waals surface area (Å²) in [5.74, 6) is -0.549. The van der Waals surface area contributed by atoms with Crippen LogP contribution in [0.25, 0.3) is 0 Å². The fourth-order valence-corrected chi connectivity index (χ4v) is 3.11. The maximum absolute atomic E-state index is 12.9. The van der Waals surface area contributed by atoms with Crippen LogP contribution in [0.2, 0.25) is 0 Å². The zero-order valence-corrected chi connectivity index (χ0v) is 13.9. The molecule has 0 spiro atoms. The summed E-state index contributed by atoms with van der Waals surface area (Å²) in [6.45, 7) is 1.75. The van der Waals surface area contributed by atoms with Gasteiger partial charge in [0.25, 0.3) is 5.91 Å². The first-order valence-electron chi connectivity index (χ1n) is 6.56. The van der Waals surface area contributed by atoms with E-state index < -0.39 is 27.7 Å². The molecule has 23 heavy (non-hydrogen) atoms. The molecule has 0 bridgehead atoms. The van der Waals surface area contributed by atoms with Crippen LogP contribution >= 0.6 is 11.3 Å². The average Bonchev–Trinajstić information content (AvgIpc) is 2.95. The highest BCUT2D eigenvalue weighted by molar-refractivity contribution is 7.92. The first-order chi connectivity index (χ1) is 10.8. The number of aromatic nitrogens is 2. The van der Waals surface area contributed by atoms with Gasteiger partial charge in [0.1, 0.15) is 11.6 Å². The van der Waals surface area contributed by atoms with Gasteiger partial charge in [-0.1, -0.05) is 18.3 Å². The largest absolute Gasteiger partial charge is 0.481 e. The number of anilines is 1. The highest BCUT2D eigenvalue weighted by Gasteiger charge is 2.21. The molecule has 0 saturated heterocycles. The lowest BCUT2D eigenvalue weighted by Gasteiger charge is -2.16. The molecule has 1 N–H and O–H groups in total. The lowest BCUT2D eigenvalue weighted by atomic mass is 10.2. The quantitative estimate of drug-likeness (QED) is 0.791. The Bertz CT molecular complexity index is 790. The van der Waals surface area contributed by atoms with Crippen LogP contribution in [-0.2, 0) is 14.6 Å². The number of nitrogens with zero attached hydrogens (tertiary/aromatic N) is 2. The van der Waals surface area contributed by atoms with Gasteiger partial charge in [0.15, 0.2) is 6.10 Å². The first-order valence-corrected chi connectivity index (χ1v) is 9.27. The third-order valence-corrected chi connectivity index (χ3v) is 5.22. The lowest BCUT2D eigenvalue weighted by molar-refractivity contribution is -0.122. The molecule has 0 fully saturated rings. The number of halogens is 1. The molecule has 2 aromatic rings. The van der Waals surface area contributed by atoms with Crippen molar-refractivity contribution in [2.75, 3.05) is 11.6 Å².